The molecule has 154 valence electrons. The van der Waals surface area contributed by atoms with Gasteiger partial charge in [0.15, 0.2) is 0 Å². The summed E-state index contributed by atoms with van der Waals surface area (Å²) in [6, 6.07) is 0.549. The van der Waals surface area contributed by atoms with Crippen LogP contribution in [0, 0.1) is 0 Å². The summed E-state index contributed by atoms with van der Waals surface area (Å²) < 4.78 is 5.39. The number of morpholine rings is 1. The molecule has 2 heterocycles. The van der Waals surface area contributed by atoms with Gasteiger partial charge in [-0.2, -0.15) is 0 Å². The lowest BCUT2D eigenvalue weighted by atomic mass is 9.96. The SMILES string of the molecule is CC(=O)N(CCCN1CCOCC1)C1CCN(C(=O)NC2CCCCC2)C1. The van der Waals surface area contributed by atoms with E-state index in [0.717, 1.165) is 71.6 Å². The highest BCUT2D eigenvalue weighted by Gasteiger charge is 2.32. The number of hydrogen-bond acceptors (Lipinski definition) is 4. The van der Waals surface area contributed by atoms with Crippen molar-refractivity contribution in [3.63, 3.8) is 0 Å². The van der Waals surface area contributed by atoms with Gasteiger partial charge in [-0.15, -0.1) is 0 Å². The molecule has 0 aromatic carbocycles. The van der Waals surface area contributed by atoms with E-state index < -0.39 is 0 Å². The minimum absolute atomic E-state index is 0.0567. The number of hydrogen-bond donors (Lipinski definition) is 1. The van der Waals surface area contributed by atoms with Crippen molar-refractivity contribution in [3.05, 3.63) is 0 Å². The number of carbonyl (C=O) groups is 2. The Morgan fingerprint density at radius 2 is 1.81 bits per heavy atom. The van der Waals surface area contributed by atoms with Gasteiger partial charge in [0, 0.05) is 52.2 Å². The van der Waals surface area contributed by atoms with Crippen molar-refractivity contribution in [2.24, 2.45) is 0 Å². The van der Waals surface area contributed by atoms with Gasteiger partial charge in [-0.25, -0.2) is 4.79 Å². The zero-order valence-electron chi connectivity index (χ0n) is 16.8. The average molecular weight is 381 g/mol. The van der Waals surface area contributed by atoms with Crippen molar-refractivity contribution >= 4 is 11.9 Å². The van der Waals surface area contributed by atoms with E-state index in [-0.39, 0.29) is 18.0 Å². The molecule has 0 aromatic rings. The molecule has 1 N–H and O–H groups in total. The maximum absolute atomic E-state index is 12.6. The van der Waals surface area contributed by atoms with Gasteiger partial charge in [0.05, 0.1) is 19.3 Å². The molecule has 3 rings (SSSR count). The molecule has 27 heavy (non-hydrogen) atoms. The van der Waals surface area contributed by atoms with Crippen molar-refractivity contribution in [2.45, 2.75) is 64.0 Å². The first-order chi connectivity index (χ1) is 13.1. The summed E-state index contributed by atoms with van der Waals surface area (Å²) in [6.45, 7) is 8.43. The smallest absolute Gasteiger partial charge is 0.317 e. The molecule has 3 amide bonds. The fourth-order valence-electron chi connectivity index (χ4n) is 4.58. The van der Waals surface area contributed by atoms with Gasteiger partial charge >= 0.3 is 6.03 Å². The summed E-state index contributed by atoms with van der Waals surface area (Å²) in [6.07, 6.45) is 7.79. The Kier molecular flexibility index (Phi) is 7.76. The Hall–Kier alpha value is -1.34. The molecule has 0 bridgehead atoms. The number of urea groups is 1. The Balaban J connectivity index is 1.42. The second kappa shape index (κ2) is 10.3. The largest absolute Gasteiger partial charge is 0.379 e. The lowest BCUT2D eigenvalue weighted by Crippen LogP contribution is -2.47. The Labute approximate surface area is 163 Å². The number of nitrogens with zero attached hydrogens (tertiary/aromatic N) is 3. The monoisotopic (exact) mass is 380 g/mol. The quantitative estimate of drug-likeness (QED) is 0.761. The number of likely N-dealkylation sites (tertiary alicyclic amines) is 1. The summed E-state index contributed by atoms with van der Waals surface area (Å²) in [5.41, 5.74) is 0. The molecule has 0 radical (unpaired) electrons. The fourth-order valence-corrected chi connectivity index (χ4v) is 4.58. The Bertz CT molecular complexity index is 490. The summed E-state index contributed by atoms with van der Waals surface area (Å²) in [5, 5.41) is 3.20. The summed E-state index contributed by atoms with van der Waals surface area (Å²) in [7, 11) is 0. The van der Waals surface area contributed by atoms with Crippen molar-refractivity contribution in [1.82, 2.24) is 20.0 Å². The Morgan fingerprint density at radius 3 is 2.52 bits per heavy atom. The fraction of sp³-hybridized carbons (Fsp3) is 0.900. The van der Waals surface area contributed by atoms with Crippen LogP contribution in [-0.2, 0) is 9.53 Å². The third-order valence-electron chi connectivity index (χ3n) is 6.21. The molecule has 1 saturated carbocycles. The molecule has 2 aliphatic heterocycles. The Morgan fingerprint density at radius 1 is 1.07 bits per heavy atom. The molecule has 3 aliphatic rings. The number of rotatable bonds is 6. The highest BCUT2D eigenvalue weighted by Crippen LogP contribution is 2.20. The van der Waals surface area contributed by atoms with Crippen LogP contribution in [0.3, 0.4) is 0 Å². The number of carbonyl (C=O) groups excluding carboxylic acids is 2. The molecular formula is C20H36N4O3. The molecule has 2 saturated heterocycles. The van der Waals surface area contributed by atoms with Gasteiger partial charge in [-0.1, -0.05) is 19.3 Å². The van der Waals surface area contributed by atoms with Gasteiger partial charge in [0.25, 0.3) is 0 Å². The molecule has 1 aliphatic carbocycles. The first kappa shape index (κ1) is 20.4. The number of ether oxygens (including phenoxy) is 1. The third-order valence-corrected chi connectivity index (χ3v) is 6.21. The van der Waals surface area contributed by atoms with Gasteiger partial charge in [-0.05, 0) is 25.7 Å². The summed E-state index contributed by atoms with van der Waals surface area (Å²) in [4.78, 5) is 31.0. The van der Waals surface area contributed by atoms with Gasteiger partial charge in [0.2, 0.25) is 5.91 Å². The molecule has 0 spiro atoms. The second-order valence-corrected chi connectivity index (χ2v) is 8.19. The molecule has 0 aromatic heterocycles. The minimum Gasteiger partial charge on any atom is -0.379 e. The lowest BCUT2D eigenvalue weighted by Gasteiger charge is -2.31. The maximum Gasteiger partial charge on any atom is 0.317 e. The highest BCUT2D eigenvalue weighted by molar-refractivity contribution is 5.76. The van der Waals surface area contributed by atoms with E-state index >= 15 is 0 Å². The molecule has 1 unspecified atom stereocenters. The highest BCUT2D eigenvalue weighted by atomic mass is 16.5. The van der Waals surface area contributed by atoms with Crippen molar-refractivity contribution in [2.75, 3.05) is 52.5 Å². The molecule has 7 heteroatoms. The van der Waals surface area contributed by atoms with E-state index in [1.165, 1.54) is 19.3 Å². The van der Waals surface area contributed by atoms with Crippen LogP contribution in [0.1, 0.15) is 51.9 Å². The van der Waals surface area contributed by atoms with Gasteiger partial charge in [-0.3, -0.25) is 9.69 Å². The second-order valence-electron chi connectivity index (χ2n) is 8.19. The first-order valence-corrected chi connectivity index (χ1v) is 10.8. The van der Waals surface area contributed by atoms with Crippen LogP contribution in [0.2, 0.25) is 0 Å². The third kappa shape index (κ3) is 6.07. The molecule has 7 nitrogen and oxygen atoms in total. The van der Waals surface area contributed by atoms with Gasteiger partial charge < -0.3 is 19.9 Å². The van der Waals surface area contributed by atoms with Crippen molar-refractivity contribution in [1.29, 1.82) is 0 Å². The van der Waals surface area contributed by atoms with Crippen LogP contribution in [0.4, 0.5) is 4.79 Å². The van der Waals surface area contributed by atoms with E-state index in [9.17, 15) is 9.59 Å². The van der Waals surface area contributed by atoms with Gasteiger partial charge in [0.1, 0.15) is 0 Å². The zero-order valence-corrected chi connectivity index (χ0v) is 16.8. The van der Waals surface area contributed by atoms with E-state index in [1.54, 1.807) is 6.92 Å². The van der Waals surface area contributed by atoms with Crippen LogP contribution < -0.4 is 5.32 Å². The summed E-state index contributed by atoms with van der Waals surface area (Å²) in [5.74, 6) is 0.122. The molecule has 1 atom stereocenters. The number of nitrogens with one attached hydrogen (secondary N) is 1. The molecule has 3 fully saturated rings. The topological polar surface area (TPSA) is 65.1 Å². The standard InChI is InChI=1S/C20H36N4O3/c1-17(25)24(10-5-9-22-12-14-27-15-13-22)19-8-11-23(16-19)20(26)21-18-6-3-2-4-7-18/h18-19H,2-16H2,1H3,(H,21,26). The van der Waals surface area contributed by atoms with Crippen molar-refractivity contribution in [3.8, 4) is 0 Å². The van der Waals surface area contributed by atoms with Crippen LogP contribution in [0.15, 0.2) is 0 Å². The first-order valence-electron chi connectivity index (χ1n) is 10.8. The van der Waals surface area contributed by atoms with Crippen LogP contribution in [-0.4, -0.2) is 91.2 Å². The van der Waals surface area contributed by atoms with E-state index in [2.05, 4.69) is 10.2 Å². The predicted molar refractivity (Wildman–Crippen MR) is 105 cm³/mol. The predicted octanol–water partition coefficient (Wildman–Crippen LogP) is 1.67. The van der Waals surface area contributed by atoms with E-state index in [1.807, 2.05) is 9.80 Å². The minimum atomic E-state index is 0.0567. The normalized spacial score (nSPS) is 24.8. The average Bonchev–Trinajstić information content (AvgIpc) is 3.16. The lowest BCUT2D eigenvalue weighted by molar-refractivity contribution is -0.131. The van der Waals surface area contributed by atoms with E-state index in [4.69, 9.17) is 4.74 Å². The van der Waals surface area contributed by atoms with Crippen molar-refractivity contribution < 1.29 is 14.3 Å². The van der Waals surface area contributed by atoms with Crippen LogP contribution in [0.25, 0.3) is 0 Å². The van der Waals surface area contributed by atoms with Crippen LogP contribution >= 0.6 is 0 Å². The summed E-state index contributed by atoms with van der Waals surface area (Å²) >= 11 is 0. The number of amides is 3. The maximum atomic E-state index is 12.6. The van der Waals surface area contributed by atoms with E-state index in [0.29, 0.717) is 12.6 Å². The van der Waals surface area contributed by atoms with Crippen LogP contribution in [0.5, 0.6) is 0 Å². The molecular weight excluding hydrogens is 344 g/mol. The zero-order chi connectivity index (χ0) is 19.1.